The van der Waals surface area contributed by atoms with Gasteiger partial charge in [0.1, 0.15) is 0 Å². The molecule has 0 saturated heterocycles. The summed E-state index contributed by atoms with van der Waals surface area (Å²) in [6, 6.07) is 0. The molecule has 0 aliphatic heterocycles. The maximum absolute atomic E-state index is 15.6. The third kappa shape index (κ3) is 4.21. The normalized spacial score (nSPS) is 31.8. The molecule has 0 spiro atoms. The predicted molar refractivity (Wildman–Crippen MR) is 96.7 cm³/mol. The van der Waals surface area contributed by atoms with E-state index < -0.39 is 118 Å². The topological polar surface area (TPSA) is 0 Å². The van der Waals surface area contributed by atoms with Gasteiger partial charge in [-0.15, -0.1) is 0 Å². The Labute approximate surface area is 286 Å². The van der Waals surface area contributed by atoms with Crippen molar-refractivity contribution in [1.82, 2.24) is 0 Å². The lowest BCUT2D eigenvalue weighted by Gasteiger charge is -2.66. The Kier molecular flexibility index (Phi) is 9.97. The summed E-state index contributed by atoms with van der Waals surface area (Å²) in [6.45, 7) is 0. The average molecular weight is 962 g/mol. The monoisotopic (exact) mass is 962 g/mol. The Morgan fingerprint density at radius 1 is 0.190 bits per heavy atom. The highest BCUT2D eigenvalue weighted by molar-refractivity contribution is 5.47. The van der Waals surface area contributed by atoms with Crippen LogP contribution in [0.5, 0.6) is 0 Å². The molecule has 0 nitrogen and oxygen atoms in total. The molecule has 0 aromatic heterocycles. The fourth-order valence-corrected chi connectivity index (χ4v) is 5.16. The van der Waals surface area contributed by atoms with E-state index in [-0.39, 0.29) is 0 Å². The largest absolute Gasteiger partial charge is 0.460 e. The second kappa shape index (κ2) is 11.2. The van der Waals surface area contributed by atoms with E-state index in [0.717, 1.165) is 0 Å². The number of alkyl halides is 38. The molecule has 0 bridgehead atoms. The minimum atomic E-state index is -11.1. The summed E-state index contributed by atoms with van der Waals surface area (Å²) in [7, 11) is 0. The molecule has 0 N–H and O–H groups in total. The zero-order valence-corrected chi connectivity index (χ0v) is 24.4. The van der Waals surface area contributed by atoms with Crippen LogP contribution in [-0.4, -0.2) is 118 Å². The van der Waals surface area contributed by atoms with Crippen molar-refractivity contribution in [1.29, 1.82) is 0 Å². The van der Waals surface area contributed by atoms with Gasteiger partial charge in [-0.25, -0.2) is 13.2 Å². The molecule has 0 amide bonds. The van der Waals surface area contributed by atoms with E-state index in [1.54, 1.807) is 0 Å². The van der Waals surface area contributed by atoms with Gasteiger partial charge in [-0.3, -0.25) is 0 Å². The van der Waals surface area contributed by atoms with Gasteiger partial charge in [-0.1, -0.05) is 0 Å². The second-order valence-electron chi connectivity index (χ2n) is 11.7. The molecule has 2 fully saturated rings. The summed E-state index contributed by atoms with van der Waals surface area (Å²) in [5.41, 5.74) is -32.2. The third-order valence-corrected chi connectivity index (χ3v) is 8.60. The quantitative estimate of drug-likeness (QED) is 0.202. The molecule has 0 heterocycles. The molecule has 2 aliphatic carbocycles. The lowest BCUT2D eigenvalue weighted by Crippen LogP contribution is -3.01. The van der Waals surface area contributed by atoms with Gasteiger partial charge < -0.3 is 0 Å². The first kappa shape index (κ1) is 51.5. The molecule has 2 saturated carbocycles. The van der Waals surface area contributed by atoms with Crippen molar-refractivity contribution in [3.63, 3.8) is 0 Å². The maximum atomic E-state index is 15.6. The number of rotatable bonds is 9. The van der Waals surface area contributed by atoms with E-state index >= 15 is 13.2 Å². The van der Waals surface area contributed by atoms with E-state index in [0.29, 0.717) is 0 Å². The van der Waals surface area contributed by atoms with Crippen LogP contribution in [0.3, 0.4) is 0 Å². The minimum Gasteiger partial charge on any atom is -0.229 e. The lowest BCUT2D eigenvalue weighted by atomic mass is 9.49. The highest BCUT2D eigenvalue weighted by Gasteiger charge is 3.18. The van der Waals surface area contributed by atoms with Crippen molar-refractivity contribution < 1.29 is 167 Å². The first-order chi connectivity index (χ1) is 24.2. The SMILES string of the molecule is FC(F)(F)C(F)(F)C(F)(F)C(F)(F)C(F)(F)C(F)(F)C(F)(F)C(F)(F)C(F)(F)C(F)(F)C1(F)C(F)(F)C(F)(F)C(F)(F)C2(F)C(F)(F)C(F)(F)C(F)(F)C(F)(F)C12F. The standard InChI is InChI=1S/C20F38/c21-1-2(22,7(30,31)11(38,39)10(36,37)4(1,24)25)5(26,27)9(34,35)6(28,29)3(1,23)8(32,33)12(40,41)13(42,43)14(44,45)15(46,47)16(48,49)17(50,51)18(52,53)19(54,55)20(56,57)58. The van der Waals surface area contributed by atoms with Crippen molar-refractivity contribution >= 4 is 0 Å². The first-order valence-corrected chi connectivity index (χ1v) is 12.4. The van der Waals surface area contributed by atoms with Gasteiger partial charge in [0.25, 0.3) is 17.0 Å². The smallest absolute Gasteiger partial charge is 0.229 e. The third-order valence-electron chi connectivity index (χ3n) is 8.60. The van der Waals surface area contributed by atoms with Crippen LogP contribution in [0.1, 0.15) is 0 Å². The van der Waals surface area contributed by atoms with Crippen LogP contribution < -0.4 is 0 Å². The van der Waals surface area contributed by atoms with E-state index in [2.05, 4.69) is 0 Å². The van der Waals surface area contributed by atoms with Crippen molar-refractivity contribution in [2.45, 2.75) is 118 Å². The first-order valence-electron chi connectivity index (χ1n) is 12.4. The Morgan fingerprint density at radius 3 is 0.621 bits per heavy atom. The average Bonchev–Trinajstić information content (AvgIpc) is 3.00. The Morgan fingerprint density at radius 2 is 0.379 bits per heavy atom. The zero-order chi connectivity index (χ0) is 48.0. The van der Waals surface area contributed by atoms with Gasteiger partial charge in [-0.2, -0.15) is 154 Å². The molecule has 0 aromatic rings. The van der Waals surface area contributed by atoms with Crippen LogP contribution >= 0.6 is 0 Å². The van der Waals surface area contributed by atoms with Gasteiger partial charge >= 0.3 is 101 Å². The van der Waals surface area contributed by atoms with E-state index in [4.69, 9.17) is 0 Å². The summed E-state index contributed by atoms with van der Waals surface area (Å²) in [4.78, 5) is 0. The Bertz CT molecular complexity index is 1630. The highest BCUT2D eigenvalue weighted by atomic mass is 19.4. The van der Waals surface area contributed by atoms with Crippen LogP contribution in [-0.2, 0) is 0 Å². The number of hydrogen-bond acceptors (Lipinski definition) is 0. The molecule has 2 rings (SSSR count). The highest BCUT2D eigenvalue weighted by Crippen LogP contribution is 2.84. The molecule has 38 heteroatoms. The molecule has 0 aromatic carbocycles. The lowest BCUT2D eigenvalue weighted by molar-refractivity contribution is -0.568. The zero-order valence-electron chi connectivity index (χ0n) is 24.4. The summed E-state index contributed by atoms with van der Waals surface area (Å²) in [5.74, 6) is -162. The van der Waals surface area contributed by atoms with Crippen molar-refractivity contribution in [3.05, 3.63) is 0 Å². The van der Waals surface area contributed by atoms with Crippen LogP contribution in [0, 0.1) is 0 Å². The van der Waals surface area contributed by atoms with E-state index in [1.807, 2.05) is 0 Å². The Hall–Kier alpha value is -2.66. The number of fused-ring (bicyclic) bond motifs is 1. The molecule has 0 radical (unpaired) electrons. The molecular weight excluding hydrogens is 962 g/mol. The van der Waals surface area contributed by atoms with Crippen LogP contribution in [0.2, 0.25) is 0 Å². The van der Waals surface area contributed by atoms with Crippen LogP contribution in [0.15, 0.2) is 0 Å². The summed E-state index contributed by atoms with van der Waals surface area (Å²) < 4.78 is 531. The van der Waals surface area contributed by atoms with Crippen molar-refractivity contribution in [2.24, 2.45) is 0 Å². The van der Waals surface area contributed by atoms with Gasteiger partial charge in [0.2, 0.25) is 0 Å². The number of halogens is 38. The van der Waals surface area contributed by atoms with E-state index in [1.165, 1.54) is 0 Å². The van der Waals surface area contributed by atoms with E-state index in [9.17, 15) is 154 Å². The fourth-order valence-electron chi connectivity index (χ4n) is 5.16. The van der Waals surface area contributed by atoms with Gasteiger partial charge in [-0.05, 0) is 0 Å². The van der Waals surface area contributed by atoms with Crippen molar-refractivity contribution in [2.75, 3.05) is 0 Å². The summed E-state index contributed by atoms with van der Waals surface area (Å²) in [5, 5.41) is 0. The summed E-state index contributed by atoms with van der Waals surface area (Å²) in [6.07, 6.45) is -8.54. The maximum Gasteiger partial charge on any atom is 0.460 e. The van der Waals surface area contributed by atoms with Crippen molar-refractivity contribution in [3.8, 4) is 0 Å². The van der Waals surface area contributed by atoms with Crippen LogP contribution in [0.4, 0.5) is 167 Å². The van der Waals surface area contributed by atoms with Gasteiger partial charge in [0.05, 0.1) is 0 Å². The fraction of sp³-hybridized carbons (Fsp3) is 1.00. The van der Waals surface area contributed by atoms with Gasteiger partial charge in [0, 0.05) is 0 Å². The molecule has 58 heavy (non-hydrogen) atoms. The van der Waals surface area contributed by atoms with Crippen LogP contribution in [0.25, 0.3) is 0 Å². The summed E-state index contributed by atoms with van der Waals surface area (Å²) >= 11 is 0. The molecule has 346 valence electrons. The number of hydrogen-bond donors (Lipinski definition) is 0. The second-order valence-corrected chi connectivity index (χ2v) is 11.7. The molecular formula is C20F38. The molecule has 3 atom stereocenters. The minimum absolute atomic E-state index is 8.54. The Balaban J connectivity index is 3.28. The molecule has 3 unspecified atom stereocenters. The molecule has 2 aliphatic rings. The predicted octanol–water partition coefficient (Wildman–Crippen LogP) is 11.9. The van der Waals surface area contributed by atoms with Gasteiger partial charge in [0.15, 0.2) is 0 Å².